The molecular weight excluding hydrogens is 641 g/mol. The van der Waals surface area contributed by atoms with Gasteiger partial charge >= 0.3 is 13.6 Å². The largest absolute Gasteiger partial charge is 0.479 e. The summed E-state index contributed by atoms with van der Waals surface area (Å²) in [6.07, 6.45) is 22.3. The van der Waals surface area contributed by atoms with Crippen LogP contribution >= 0.6 is 7.60 Å². The van der Waals surface area contributed by atoms with Crippen molar-refractivity contribution < 1.29 is 48.8 Å². The van der Waals surface area contributed by atoms with E-state index in [4.69, 9.17) is 4.52 Å². The standard InChI is InChI=1S/C34H58N3O10P/c1-4-5-6-7-8-9-10-11-12-13-14-15-16-17-18-19-20-21-30(40)36-34(3,33(43)44)26-47-48(45,46)23-22-37-28(24-35-27(2)39)31(41)32(42)29(37)25-38/h8-9,11-12,14-15,17-18,28-29,31-32,38,41-42H,4-7,10,13,16,19-26H2,1-3H3,(H,35,39)(H,36,40)(H,43,44)(H,45,46)/b9-8-,12-11-,15-14-,18-17-/t28-,29-,31-,32-,34?/m1/s1. The number of rotatable bonds is 25. The second kappa shape index (κ2) is 23.7. The monoisotopic (exact) mass is 699 g/mol. The van der Waals surface area contributed by atoms with Gasteiger partial charge in [0.15, 0.2) is 5.54 Å². The number of amides is 2. The Balaban J connectivity index is 2.46. The van der Waals surface area contributed by atoms with Gasteiger partial charge in [-0.3, -0.25) is 19.1 Å². The molecule has 1 aliphatic rings. The van der Waals surface area contributed by atoms with E-state index in [2.05, 4.69) is 54.0 Å². The Morgan fingerprint density at radius 1 is 0.896 bits per heavy atom. The topological polar surface area (TPSA) is 206 Å². The third-order valence-corrected chi connectivity index (χ3v) is 9.35. The maximum absolute atomic E-state index is 12.8. The Morgan fingerprint density at radius 3 is 1.96 bits per heavy atom. The molecule has 48 heavy (non-hydrogen) atoms. The molecule has 13 nitrogen and oxygen atoms in total. The summed E-state index contributed by atoms with van der Waals surface area (Å²) in [5.41, 5.74) is -1.98. The van der Waals surface area contributed by atoms with Crippen LogP contribution in [0.2, 0.25) is 0 Å². The van der Waals surface area contributed by atoms with Gasteiger partial charge in [0.25, 0.3) is 0 Å². The van der Waals surface area contributed by atoms with Crippen LogP contribution in [0.5, 0.6) is 0 Å². The Morgan fingerprint density at radius 2 is 1.44 bits per heavy atom. The summed E-state index contributed by atoms with van der Waals surface area (Å²) >= 11 is 0. The van der Waals surface area contributed by atoms with Gasteiger partial charge in [-0.2, -0.15) is 0 Å². The van der Waals surface area contributed by atoms with E-state index in [9.17, 15) is 44.3 Å². The van der Waals surface area contributed by atoms with Crippen molar-refractivity contribution in [3.63, 3.8) is 0 Å². The molecule has 0 saturated carbocycles. The van der Waals surface area contributed by atoms with Crippen molar-refractivity contribution in [1.82, 2.24) is 15.5 Å². The molecule has 6 atom stereocenters. The van der Waals surface area contributed by atoms with Crippen molar-refractivity contribution in [3.05, 3.63) is 48.6 Å². The average Bonchev–Trinajstić information content (AvgIpc) is 3.26. The first-order valence-corrected chi connectivity index (χ1v) is 18.6. The Bertz CT molecular complexity index is 1140. The van der Waals surface area contributed by atoms with Crippen LogP contribution in [0, 0.1) is 0 Å². The molecule has 2 unspecified atom stereocenters. The van der Waals surface area contributed by atoms with Gasteiger partial charge < -0.3 is 40.5 Å². The molecule has 1 aliphatic heterocycles. The number of nitrogens with one attached hydrogen (secondary N) is 2. The summed E-state index contributed by atoms with van der Waals surface area (Å²) < 4.78 is 17.9. The second-order valence-electron chi connectivity index (χ2n) is 12.3. The zero-order chi connectivity index (χ0) is 36.0. The highest BCUT2D eigenvalue weighted by atomic mass is 31.2. The van der Waals surface area contributed by atoms with Crippen molar-refractivity contribution in [2.75, 3.05) is 32.5 Å². The third kappa shape index (κ3) is 17.1. The lowest BCUT2D eigenvalue weighted by Gasteiger charge is -2.31. The molecule has 0 spiro atoms. The first kappa shape index (κ1) is 43.4. The number of hydrogen-bond donors (Lipinski definition) is 7. The molecule has 2 amide bonds. The zero-order valence-corrected chi connectivity index (χ0v) is 29.6. The molecule has 0 bridgehead atoms. The van der Waals surface area contributed by atoms with Crippen molar-refractivity contribution in [3.8, 4) is 0 Å². The fourth-order valence-electron chi connectivity index (χ4n) is 5.12. The molecule has 1 fully saturated rings. The highest BCUT2D eigenvalue weighted by molar-refractivity contribution is 7.52. The van der Waals surface area contributed by atoms with E-state index in [1.54, 1.807) is 0 Å². The van der Waals surface area contributed by atoms with Crippen LogP contribution in [0.3, 0.4) is 0 Å². The third-order valence-electron chi connectivity index (χ3n) is 8.05. The van der Waals surface area contributed by atoms with Crippen LogP contribution in [-0.2, 0) is 23.5 Å². The lowest BCUT2D eigenvalue weighted by Crippen LogP contribution is -2.55. The number of likely N-dealkylation sites (tertiary alicyclic amines) is 1. The average molecular weight is 700 g/mol. The number of allylic oxidation sites excluding steroid dienone is 8. The Kier molecular flexibility index (Phi) is 21.4. The minimum Gasteiger partial charge on any atom is -0.479 e. The number of hydrogen-bond acceptors (Lipinski definition) is 9. The van der Waals surface area contributed by atoms with Crippen molar-refractivity contribution >= 4 is 25.4 Å². The van der Waals surface area contributed by atoms with Gasteiger partial charge in [-0.15, -0.1) is 0 Å². The molecule has 0 radical (unpaired) electrons. The van der Waals surface area contributed by atoms with Gasteiger partial charge in [0.1, 0.15) is 0 Å². The smallest absolute Gasteiger partial charge is 0.331 e. The predicted octanol–water partition coefficient (Wildman–Crippen LogP) is 3.20. The van der Waals surface area contributed by atoms with E-state index >= 15 is 0 Å². The summed E-state index contributed by atoms with van der Waals surface area (Å²) in [6, 6.07) is -1.81. The van der Waals surface area contributed by atoms with Crippen molar-refractivity contribution in [1.29, 1.82) is 0 Å². The highest BCUT2D eigenvalue weighted by Gasteiger charge is 2.47. The molecule has 0 aromatic carbocycles. The van der Waals surface area contributed by atoms with Crippen LogP contribution in [0.25, 0.3) is 0 Å². The highest BCUT2D eigenvalue weighted by Crippen LogP contribution is 2.43. The molecule has 274 valence electrons. The molecule has 1 saturated heterocycles. The molecule has 14 heteroatoms. The number of carboxylic acids is 1. The molecule has 0 aliphatic carbocycles. The predicted molar refractivity (Wildman–Crippen MR) is 185 cm³/mol. The van der Waals surface area contributed by atoms with Gasteiger partial charge in [0.05, 0.1) is 43.7 Å². The number of aliphatic carboxylic acids is 1. The molecule has 0 aromatic heterocycles. The molecule has 1 rings (SSSR count). The van der Waals surface area contributed by atoms with Crippen LogP contribution in [0.1, 0.15) is 85.0 Å². The fourth-order valence-corrected chi connectivity index (χ4v) is 6.20. The summed E-state index contributed by atoms with van der Waals surface area (Å²) in [6.45, 7) is 3.01. The number of carbonyl (C=O) groups is 3. The van der Waals surface area contributed by atoms with Gasteiger partial charge in [-0.1, -0.05) is 68.4 Å². The fraction of sp³-hybridized carbons (Fsp3) is 0.676. The lowest BCUT2D eigenvalue weighted by atomic mass is 10.0. The van der Waals surface area contributed by atoms with Gasteiger partial charge in [-0.25, -0.2) is 4.79 Å². The maximum atomic E-state index is 12.8. The summed E-state index contributed by atoms with van der Waals surface area (Å²) in [5, 5.41) is 45.1. The minimum absolute atomic E-state index is 0.0511. The number of nitrogens with zero attached hydrogens (tertiary/aromatic N) is 1. The van der Waals surface area contributed by atoms with E-state index in [-0.39, 0.29) is 25.4 Å². The number of carbonyl (C=O) groups excluding carboxylic acids is 2. The molecular formula is C34H58N3O10P. The Labute approximate surface area is 285 Å². The lowest BCUT2D eigenvalue weighted by molar-refractivity contribution is -0.148. The van der Waals surface area contributed by atoms with E-state index < -0.39 is 68.7 Å². The first-order chi connectivity index (χ1) is 22.8. The molecule has 0 aromatic rings. The summed E-state index contributed by atoms with van der Waals surface area (Å²) in [5.74, 6) is -2.37. The summed E-state index contributed by atoms with van der Waals surface area (Å²) in [7, 11) is -4.43. The molecule has 7 N–H and O–H groups in total. The number of aliphatic hydroxyl groups excluding tert-OH is 3. The van der Waals surface area contributed by atoms with Gasteiger partial charge in [-0.05, 0) is 51.9 Å². The van der Waals surface area contributed by atoms with Crippen LogP contribution in [0.4, 0.5) is 0 Å². The first-order valence-electron chi connectivity index (χ1n) is 16.9. The van der Waals surface area contributed by atoms with Crippen molar-refractivity contribution in [2.45, 2.75) is 115 Å². The SMILES string of the molecule is CCCCC/C=C\C/C=C\C/C=C\C/C=C\CCCC(=O)NC(C)(COP(=O)(O)CCN1[C@H](CO)[C@@H](O)[C@H](O)[C@H]1CNC(C)=O)C(=O)O. The van der Waals surface area contributed by atoms with E-state index in [1.165, 1.54) is 38.0 Å². The second-order valence-corrected chi connectivity index (χ2v) is 14.3. The van der Waals surface area contributed by atoms with E-state index in [1.807, 2.05) is 12.2 Å². The maximum Gasteiger partial charge on any atom is 0.331 e. The van der Waals surface area contributed by atoms with Crippen LogP contribution in [-0.4, -0.2) is 110 Å². The minimum atomic E-state index is -4.43. The summed E-state index contributed by atoms with van der Waals surface area (Å²) in [4.78, 5) is 47.7. The van der Waals surface area contributed by atoms with Crippen molar-refractivity contribution in [2.24, 2.45) is 0 Å². The Hall–Kier alpha value is -2.64. The zero-order valence-electron chi connectivity index (χ0n) is 28.7. The van der Waals surface area contributed by atoms with Gasteiger partial charge in [0, 0.05) is 26.4 Å². The molecule has 1 heterocycles. The number of unbranched alkanes of at least 4 members (excludes halogenated alkanes) is 4. The normalized spacial score (nSPS) is 22.9. The van der Waals surface area contributed by atoms with E-state index in [0.29, 0.717) is 12.8 Å². The van der Waals surface area contributed by atoms with Crippen LogP contribution in [0.15, 0.2) is 48.6 Å². The quantitative estimate of drug-likeness (QED) is 0.0419. The van der Waals surface area contributed by atoms with Gasteiger partial charge in [0.2, 0.25) is 11.8 Å². The van der Waals surface area contributed by atoms with Crippen LogP contribution < -0.4 is 10.6 Å². The van der Waals surface area contributed by atoms with E-state index in [0.717, 1.165) is 25.7 Å². The number of carboxylic acid groups (broad SMARTS) is 1. The number of aliphatic hydroxyl groups is 3.